The first-order valence-corrected chi connectivity index (χ1v) is 7.83. The van der Waals surface area contributed by atoms with Gasteiger partial charge in [0, 0.05) is 12.2 Å². The minimum atomic E-state index is -5.29. The third-order valence-electron chi connectivity index (χ3n) is 3.06. The third-order valence-corrected chi connectivity index (χ3v) is 4.56. The lowest BCUT2D eigenvalue weighted by Crippen LogP contribution is -2.26. The molecule has 3 N–H and O–H groups in total. The fraction of sp³-hybridized carbons (Fsp3) is 0.538. The van der Waals surface area contributed by atoms with Crippen LogP contribution in [0.2, 0.25) is 0 Å². The van der Waals surface area contributed by atoms with E-state index >= 15 is 0 Å². The maximum atomic E-state index is 12.4. The summed E-state index contributed by atoms with van der Waals surface area (Å²) in [5.74, 6) is 0. The van der Waals surface area contributed by atoms with Crippen molar-refractivity contribution in [2.24, 2.45) is 11.1 Å². The zero-order valence-electron chi connectivity index (χ0n) is 11.9. The van der Waals surface area contributed by atoms with Gasteiger partial charge in [-0.25, -0.2) is 8.42 Å². The SMILES string of the molecule is CC(C)(CCN)CNc1ccc(S(=O)(=O)C(F)(F)F)cc1. The van der Waals surface area contributed by atoms with Gasteiger partial charge in [-0.3, -0.25) is 0 Å². The summed E-state index contributed by atoms with van der Waals surface area (Å²) in [6.07, 6.45) is 0.792. The van der Waals surface area contributed by atoms with E-state index in [4.69, 9.17) is 5.73 Å². The topological polar surface area (TPSA) is 72.2 Å². The summed E-state index contributed by atoms with van der Waals surface area (Å²) in [5, 5.41) is 3.06. The molecule has 0 saturated heterocycles. The van der Waals surface area contributed by atoms with Crippen LogP contribution in [0.3, 0.4) is 0 Å². The normalized spacial score (nSPS) is 13.2. The molecule has 0 aromatic heterocycles. The molecule has 0 atom stereocenters. The lowest BCUT2D eigenvalue weighted by molar-refractivity contribution is -0.0436. The minimum absolute atomic E-state index is 0.0640. The molecule has 1 rings (SSSR count). The molecule has 0 aliphatic carbocycles. The quantitative estimate of drug-likeness (QED) is 0.844. The van der Waals surface area contributed by atoms with Crippen LogP contribution in [0.1, 0.15) is 20.3 Å². The van der Waals surface area contributed by atoms with Gasteiger partial charge in [-0.2, -0.15) is 13.2 Å². The van der Waals surface area contributed by atoms with E-state index in [9.17, 15) is 21.6 Å². The Labute approximate surface area is 122 Å². The molecule has 120 valence electrons. The predicted octanol–water partition coefficient (Wildman–Crippen LogP) is 2.77. The highest BCUT2D eigenvalue weighted by Gasteiger charge is 2.46. The van der Waals surface area contributed by atoms with Crippen LogP contribution in [-0.4, -0.2) is 27.0 Å². The summed E-state index contributed by atoms with van der Waals surface area (Å²) >= 11 is 0. The number of alkyl halides is 3. The maximum absolute atomic E-state index is 12.4. The van der Waals surface area contributed by atoms with E-state index in [0.29, 0.717) is 18.8 Å². The molecule has 0 fully saturated rings. The van der Waals surface area contributed by atoms with Gasteiger partial charge in [0.25, 0.3) is 9.84 Å². The van der Waals surface area contributed by atoms with Crippen LogP contribution in [0.25, 0.3) is 0 Å². The fourth-order valence-electron chi connectivity index (χ4n) is 1.71. The van der Waals surface area contributed by atoms with E-state index in [-0.39, 0.29) is 5.41 Å². The van der Waals surface area contributed by atoms with Gasteiger partial charge in [0.05, 0.1) is 4.90 Å². The zero-order valence-corrected chi connectivity index (χ0v) is 12.7. The van der Waals surface area contributed by atoms with Gasteiger partial charge >= 0.3 is 5.51 Å². The zero-order chi connectivity index (χ0) is 16.3. The summed E-state index contributed by atoms with van der Waals surface area (Å²) in [6.45, 7) is 5.14. The van der Waals surface area contributed by atoms with Crippen molar-refractivity contribution in [1.82, 2.24) is 0 Å². The number of hydrogen-bond donors (Lipinski definition) is 2. The number of halogens is 3. The largest absolute Gasteiger partial charge is 0.501 e. The number of sulfone groups is 1. The van der Waals surface area contributed by atoms with E-state index in [2.05, 4.69) is 5.32 Å². The number of rotatable bonds is 6. The number of hydrogen-bond acceptors (Lipinski definition) is 4. The average Bonchev–Trinajstić information content (AvgIpc) is 2.35. The van der Waals surface area contributed by atoms with E-state index in [1.165, 1.54) is 12.1 Å². The standard InChI is InChI=1S/C13H19F3N2O2S/c1-12(2,7-8-17)9-18-10-3-5-11(6-4-10)21(19,20)13(14,15)16/h3-6,18H,7-9,17H2,1-2H3. The van der Waals surface area contributed by atoms with Crippen molar-refractivity contribution >= 4 is 15.5 Å². The Morgan fingerprint density at radius 3 is 2.10 bits per heavy atom. The second kappa shape index (κ2) is 6.23. The number of nitrogens with one attached hydrogen (secondary N) is 1. The molecule has 0 spiro atoms. The van der Waals surface area contributed by atoms with E-state index < -0.39 is 20.2 Å². The van der Waals surface area contributed by atoms with E-state index in [0.717, 1.165) is 18.6 Å². The molecule has 0 unspecified atom stereocenters. The van der Waals surface area contributed by atoms with Crippen molar-refractivity contribution < 1.29 is 21.6 Å². The first-order valence-electron chi connectivity index (χ1n) is 6.35. The number of benzene rings is 1. The molecule has 0 radical (unpaired) electrons. The molecule has 1 aromatic carbocycles. The molecule has 1 aromatic rings. The van der Waals surface area contributed by atoms with Crippen molar-refractivity contribution in [3.8, 4) is 0 Å². The Balaban J connectivity index is 2.81. The molecule has 21 heavy (non-hydrogen) atoms. The monoisotopic (exact) mass is 324 g/mol. The summed E-state index contributed by atoms with van der Waals surface area (Å²) in [7, 11) is -5.29. The van der Waals surface area contributed by atoms with Gasteiger partial charge in [-0.15, -0.1) is 0 Å². The van der Waals surface area contributed by atoms with Gasteiger partial charge in [0.2, 0.25) is 0 Å². The molecule has 0 heterocycles. The van der Waals surface area contributed by atoms with Crippen LogP contribution in [0, 0.1) is 5.41 Å². The Kier molecular flexibility index (Phi) is 5.27. The molecule has 0 aliphatic heterocycles. The van der Waals surface area contributed by atoms with Crippen molar-refractivity contribution in [3.63, 3.8) is 0 Å². The Hall–Kier alpha value is -1.28. The van der Waals surface area contributed by atoms with Crippen molar-refractivity contribution in [2.75, 3.05) is 18.4 Å². The molecular formula is C13H19F3N2O2S. The molecule has 0 bridgehead atoms. The molecule has 8 heteroatoms. The highest BCUT2D eigenvalue weighted by Crippen LogP contribution is 2.30. The lowest BCUT2D eigenvalue weighted by atomic mass is 9.89. The first kappa shape index (κ1) is 17.8. The molecule has 0 saturated carbocycles. The van der Waals surface area contributed by atoms with Crippen LogP contribution in [-0.2, 0) is 9.84 Å². The molecular weight excluding hydrogens is 305 g/mol. The van der Waals surface area contributed by atoms with Crippen molar-refractivity contribution in [1.29, 1.82) is 0 Å². The fourth-order valence-corrected chi connectivity index (χ4v) is 2.47. The van der Waals surface area contributed by atoms with E-state index in [1.807, 2.05) is 13.8 Å². The average molecular weight is 324 g/mol. The third kappa shape index (κ3) is 4.60. The Bertz CT molecular complexity index is 566. The van der Waals surface area contributed by atoms with E-state index in [1.54, 1.807) is 0 Å². The van der Waals surface area contributed by atoms with Gasteiger partial charge in [0.1, 0.15) is 0 Å². The smallest absolute Gasteiger partial charge is 0.385 e. The second-order valence-electron chi connectivity index (χ2n) is 5.53. The van der Waals surface area contributed by atoms with Crippen LogP contribution < -0.4 is 11.1 Å². The van der Waals surface area contributed by atoms with Crippen LogP contribution >= 0.6 is 0 Å². The number of anilines is 1. The van der Waals surface area contributed by atoms with Gasteiger partial charge in [-0.1, -0.05) is 13.8 Å². The van der Waals surface area contributed by atoms with Crippen LogP contribution in [0.5, 0.6) is 0 Å². The summed E-state index contributed by atoms with van der Waals surface area (Å²) in [4.78, 5) is -0.762. The highest BCUT2D eigenvalue weighted by molar-refractivity contribution is 7.92. The molecule has 0 aliphatic rings. The summed E-state index contributed by atoms with van der Waals surface area (Å²) < 4.78 is 59.6. The summed E-state index contributed by atoms with van der Waals surface area (Å²) in [6, 6.07) is 4.52. The minimum Gasteiger partial charge on any atom is -0.385 e. The molecule has 0 amide bonds. The van der Waals surface area contributed by atoms with Crippen molar-refractivity contribution in [3.05, 3.63) is 24.3 Å². The van der Waals surface area contributed by atoms with Crippen LogP contribution in [0.4, 0.5) is 18.9 Å². The Morgan fingerprint density at radius 1 is 1.14 bits per heavy atom. The maximum Gasteiger partial charge on any atom is 0.501 e. The van der Waals surface area contributed by atoms with Crippen molar-refractivity contribution in [2.45, 2.75) is 30.7 Å². The Morgan fingerprint density at radius 2 is 1.67 bits per heavy atom. The number of nitrogens with two attached hydrogens (primary N) is 1. The second-order valence-corrected chi connectivity index (χ2v) is 7.47. The lowest BCUT2D eigenvalue weighted by Gasteiger charge is -2.24. The molecule has 4 nitrogen and oxygen atoms in total. The summed E-state index contributed by atoms with van der Waals surface area (Å²) in [5.41, 5.74) is 0.697. The van der Waals surface area contributed by atoms with Crippen LogP contribution in [0.15, 0.2) is 29.2 Å². The van der Waals surface area contributed by atoms with Gasteiger partial charge in [0.15, 0.2) is 0 Å². The van der Waals surface area contributed by atoms with Gasteiger partial charge in [-0.05, 0) is 42.6 Å². The first-order chi connectivity index (χ1) is 9.49. The highest BCUT2D eigenvalue weighted by atomic mass is 32.2. The predicted molar refractivity (Wildman–Crippen MR) is 75.6 cm³/mol. The van der Waals surface area contributed by atoms with Gasteiger partial charge < -0.3 is 11.1 Å².